The second-order valence-electron chi connectivity index (χ2n) is 9.35. The van der Waals surface area contributed by atoms with E-state index in [0.717, 1.165) is 10.8 Å². The summed E-state index contributed by atoms with van der Waals surface area (Å²) in [6.45, 7) is 8.88. The van der Waals surface area contributed by atoms with Crippen LogP contribution in [-0.4, -0.2) is 25.6 Å². The zero-order chi connectivity index (χ0) is 22.4. The number of hydrogen-bond donors (Lipinski definition) is 1. The smallest absolute Gasteiger partial charge is 0.170 e. The van der Waals surface area contributed by atoms with Crippen LogP contribution in [-0.2, 0) is 0 Å². The van der Waals surface area contributed by atoms with Crippen molar-refractivity contribution in [1.82, 2.24) is 19.8 Å². The van der Waals surface area contributed by atoms with Crippen molar-refractivity contribution in [3.05, 3.63) is 82.4 Å². The molecule has 0 bridgehead atoms. The van der Waals surface area contributed by atoms with E-state index < -0.39 is 0 Å². The zero-order valence-electron chi connectivity index (χ0n) is 19.4. The number of aromatic nitrogens is 2. The molecule has 1 saturated carbocycles. The van der Waals surface area contributed by atoms with Gasteiger partial charge in [0.05, 0.1) is 17.8 Å². The van der Waals surface area contributed by atoms with Crippen LogP contribution >= 0.6 is 12.2 Å². The molecule has 1 aliphatic carbocycles. The first-order valence-electron chi connectivity index (χ1n) is 11.7. The number of benzene rings is 1. The van der Waals surface area contributed by atoms with Crippen molar-refractivity contribution in [2.75, 3.05) is 0 Å². The third kappa shape index (κ3) is 3.43. The van der Waals surface area contributed by atoms with Gasteiger partial charge >= 0.3 is 0 Å². The SMILES string of the molecule is Cc1cccc(-n2c(C)cc([C@H]3[C@@H](c4ccccn4)NC(=S)N3C3CCCC3)c2C)c1C. The molecule has 0 amide bonds. The minimum absolute atomic E-state index is 0.0526. The van der Waals surface area contributed by atoms with Crippen LogP contribution in [0, 0.1) is 27.7 Å². The third-order valence-electron chi connectivity index (χ3n) is 7.46. The van der Waals surface area contributed by atoms with Gasteiger partial charge in [-0.25, -0.2) is 0 Å². The molecule has 5 heteroatoms. The first-order chi connectivity index (χ1) is 15.5. The Bertz CT molecular complexity index is 1140. The summed E-state index contributed by atoms with van der Waals surface area (Å²) in [6, 6.07) is 15.8. The minimum atomic E-state index is 0.0526. The van der Waals surface area contributed by atoms with Crippen molar-refractivity contribution in [1.29, 1.82) is 0 Å². The van der Waals surface area contributed by atoms with Crippen LogP contribution in [0.4, 0.5) is 0 Å². The van der Waals surface area contributed by atoms with E-state index in [1.807, 2.05) is 12.3 Å². The van der Waals surface area contributed by atoms with E-state index in [0.29, 0.717) is 6.04 Å². The van der Waals surface area contributed by atoms with Crippen LogP contribution in [0.3, 0.4) is 0 Å². The molecule has 1 saturated heterocycles. The molecule has 2 aliphatic rings. The van der Waals surface area contributed by atoms with Gasteiger partial charge in [-0.1, -0.05) is 31.0 Å². The zero-order valence-corrected chi connectivity index (χ0v) is 20.2. The van der Waals surface area contributed by atoms with Gasteiger partial charge in [0.1, 0.15) is 0 Å². The van der Waals surface area contributed by atoms with Crippen molar-refractivity contribution in [3.63, 3.8) is 0 Å². The van der Waals surface area contributed by atoms with Crippen LogP contribution in [0.1, 0.15) is 71.5 Å². The molecule has 166 valence electrons. The number of nitrogens with one attached hydrogen (secondary N) is 1. The highest BCUT2D eigenvalue weighted by atomic mass is 32.1. The topological polar surface area (TPSA) is 33.1 Å². The first-order valence-corrected chi connectivity index (χ1v) is 12.1. The Labute approximate surface area is 196 Å². The van der Waals surface area contributed by atoms with Gasteiger partial charge in [-0.3, -0.25) is 4.98 Å². The molecule has 5 rings (SSSR count). The summed E-state index contributed by atoms with van der Waals surface area (Å²) >= 11 is 5.93. The lowest BCUT2D eigenvalue weighted by atomic mass is 9.95. The summed E-state index contributed by atoms with van der Waals surface area (Å²) in [4.78, 5) is 7.22. The van der Waals surface area contributed by atoms with E-state index in [1.54, 1.807) is 0 Å². The Balaban J connectivity index is 1.66. The Morgan fingerprint density at radius 3 is 2.50 bits per heavy atom. The highest BCUT2D eigenvalue weighted by Gasteiger charge is 2.44. The van der Waals surface area contributed by atoms with Crippen molar-refractivity contribution < 1.29 is 0 Å². The van der Waals surface area contributed by atoms with Crippen molar-refractivity contribution in [3.8, 4) is 5.69 Å². The Kier molecular flexibility index (Phi) is 5.54. The summed E-state index contributed by atoms with van der Waals surface area (Å²) in [5.41, 5.74) is 8.86. The predicted octanol–water partition coefficient (Wildman–Crippen LogP) is 6.02. The van der Waals surface area contributed by atoms with Gasteiger partial charge in [0, 0.05) is 29.3 Å². The van der Waals surface area contributed by atoms with Gasteiger partial charge < -0.3 is 14.8 Å². The molecule has 2 atom stereocenters. The molecule has 3 aromatic rings. The van der Waals surface area contributed by atoms with Gasteiger partial charge in [0.15, 0.2) is 5.11 Å². The summed E-state index contributed by atoms with van der Waals surface area (Å²) < 4.78 is 2.42. The molecule has 0 radical (unpaired) electrons. The number of pyridine rings is 1. The monoisotopic (exact) mass is 444 g/mol. The molecule has 2 fully saturated rings. The van der Waals surface area contributed by atoms with Crippen LogP contribution in [0.15, 0.2) is 48.7 Å². The molecule has 0 unspecified atom stereocenters. The lowest BCUT2D eigenvalue weighted by Crippen LogP contribution is -2.37. The number of aryl methyl sites for hydroxylation is 2. The minimum Gasteiger partial charge on any atom is -0.352 e. The Hall–Kier alpha value is -2.66. The normalized spacial score (nSPS) is 21.4. The van der Waals surface area contributed by atoms with Crippen LogP contribution in [0.2, 0.25) is 0 Å². The highest BCUT2D eigenvalue weighted by molar-refractivity contribution is 7.80. The van der Waals surface area contributed by atoms with Gasteiger partial charge in [0.2, 0.25) is 0 Å². The lowest BCUT2D eigenvalue weighted by molar-refractivity contribution is 0.245. The van der Waals surface area contributed by atoms with Crippen LogP contribution in [0.5, 0.6) is 0 Å². The van der Waals surface area contributed by atoms with Gasteiger partial charge in [-0.15, -0.1) is 0 Å². The maximum atomic E-state index is 5.93. The van der Waals surface area contributed by atoms with Crippen molar-refractivity contribution in [2.24, 2.45) is 0 Å². The maximum Gasteiger partial charge on any atom is 0.170 e. The molecule has 3 heterocycles. The van der Waals surface area contributed by atoms with E-state index in [9.17, 15) is 0 Å². The number of thiocarbonyl (C=S) groups is 1. The highest BCUT2D eigenvalue weighted by Crippen LogP contribution is 2.44. The van der Waals surface area contributed by atoms with Gasteiger partial charge in [-0.05, 0) is 93.7 Å². The van der Waals surface area contributed by atoms with Gasteiger partial charge in [-0.2, -0.15) is 0 Å². The number of hydrogen-bond acceptors (Lipinski definition) is 2. The molecule has 2 aromatic heterocycles. The molecule has 1 aromatic carbocycles. The van der Waals surface area contributed by atoms with E-state index in [-0.39, 0.29) is 12.1 Å². The second-order valence-corrected chi connectivity index (χ2v) is 9.74. The third-order valence-corrected chi connectivity index (χ3v) is 7.79. The van der Waals surface area contributed by atoms with Crippen molar-refractivity contribution in [2.45, 2.75) is 71.5 Å². The fraction of sp³-hybridized carbons (Fsp3) is 0.407. The fourth-order valence-corrected chi connectivity index (χ4v) is 6.10. The summed E-state index contributed by atoms with van der Waals surface area (Å²) in [5.74, 6) is 0. The van der Waals surface area contributed by atoms with Crippen molar-refractivity contribution >= 4 is 17.3 Å². The molecule has 1 N–H and O–H groups in total. The number of nitrogens with zero attached hydrogens (tertiary/aromatic N) is 3. The fourth-order valence-electron chi connectivity index (χ4n) is 5.71. The van der Waals surface area contributed by atoms with E-state index in [1.165, 1.54) is 59.4 Å². The molecule has 4 nitrogen and oxygen atoms in total. The van der Waals surface area contributed by atoms with Crippen LogP contribution < -0.4 is 5.32 Å². The molecular weight excluding hydrogens is 412 g/mol. The van der Waals surface area contributed by atoms with E-state index in [4.69, 9.17) is 17.2 Å². The predicted molar refractivity (Wildman–Crippen MR) is 134 cm³/mol. The quantitative estimate of drug-likeness (QED) is 0.499. The summed E-state index contributed by atoms with van der Waals surface area (Å²) in [5, 5.41) is 4.52. The molecular formula is C27H32N4S. The lowest BCUT2D eigenvalue weighted by Gasteiger charge is -2.33. The summed E-state index contributed by atoms with van der Waals surface area (Å²) in [7, 11) is 0. The average molecular weight is 445 g/mol. The van der Waals surface area contributed by atoms with E-state index >= 15 is 0 Å². The summed E-state index contributed by atoms with van der Waals surface area (Å²) in [6.07, 6.45) is 6.87. The molecule has 1 aliphatic heterocycles. The molecule has 0 spiro atoms. The van der Waals surface area contributed by atoms with Crippen LogP contribution in [0.25, 0.3) is 5.69 Å². The second kappa shape index (κ2) is 8.36. The standard InChI is InChI=1S/C27H32N4S/c1-17-10-9-14-24(19(17)3)30-18(2)16-22(20(30)4)26-25(23-13-7-8-15-28-23)29-27(32)31(26)21-11-5-6-12-21/h7-10,13-16,21,25-26H,5-6,11-12H2,1-4H3,(H,29,32)/t25-,26+/m1/s1. The van der Waals surface area contributed by atoms with Gasteiger partial charge in [0.25, 0.3) is 0 Å². The van der Waals surface area contributed by atoms with E-state index in [2.05, 4.69) is 78.9 Å². The average Bonchev–Trinajstić information content (AvgIpc) is 3.49. The maximum absolute atomic E-state index is 5.93. The largest absolute Gasteiger partial charge is 0.352 e. The first kappa shape index (κ1) is 21.2. The molecule has 32 heavy (non-hydrogen) atoms. The number of rotatable bonds is 4. The Morgan fingerprint density at radius 2 is 1.78 bits per heavy atom. The Morgan fingerprint density at radius 1 is 1.00 bits per heavy atom.